The smallest absolute Gasteiger partial charge is 0.126 e. The summed E-state index contributed by atoms with van der Waals surface area (Å²) in [4.78, 5) is 0. The Labute approximate surface area is 108 Å². The molecule has 1 aliphatic carbocycles. The second-order valence-electron chi connectivity index (χ2n) is 5.17. The molecular weight excluding hydrogens is 222 g/mol. The Morgan fingerprint density at radius 2 is 1.89 bits per heavy atom. The molecule has 18 heavy (non-hydrogen) atoms. The lowest BCUT2D eigenvalue weighted by Crippen LogP contribution is -2.17. The van der Waals surface area contributed by atoms with Crippen molar-refractivity contribution in [2.24, 2.45) is 5.92 Å². The van der Waals surface area contributed by atoms with Gasteiger partial charge in [-0.3, -0.25) is 0 Å². The van der Waals surface area contributed by atoms with E-state index in [0.29, 0.717) is 6.04 Å². The SMILES string of the molecule is COc1ccc(CNC2CC2C)c2ccccc12. The van der Waals surface area contributed by atoms with Crippen molar-refractivity contribution in [2.45, 2.75) is 25.9 Å². The number of methoxy groups -OCH3 is 1. The fourth-order valence-corrected chi connectivity index (χ4v) is 2.51. The summed E-state index contributed by atoms with van der Waals surface area (Å²) in [6, 6.07) is 13.4. The first kappa shape index (κ1) is 11.5. The third kappa shape index (κ3) is 2.08. The molecule has 2 aromatic carbocycles. The van der Waals surface area contributed by atoms with E-state index in [-0.39, 0.29) is 0 Å². The first-order valence-electron chi connectivity index (χ1n) is 6.57. The third-order valence-corrected chi connectivity index (χ3v) is 3.86. The van der Waals surface area contributed by atoms with Gasteiger partial charge in [0.15, 0.2) is 0 Å². The van der Waals surface area contributed by atoms with E-state index >= 15 is 0 Å². The molecule has 0 amide bonds. The van der Waals surface area contributed by atoms with E-state index in [1.54, 1.807) is 7.11 Å². The molecule has 1 aliphatic rings. The van der Waals surface area contributed by atoms with E-state index in [2.05, 4.69) is 48.6 Å². The lowest BCUT2D eigenvalue weighted by atomic mass is 10.0. The zero-order valence-electron chi connectivity index (χ0n) is 10.9. The van der Waals surface area contributed by atoms with Crippen LogP contribution in [0.15, 0.2) is 36.4 Å². The molecule has 2 nitrogen and oxygen atoms in total. The largest absolute Gasteiger partial charge is 0.496 e. The molecule has 0 radical (unpaired) electrons. The van der Waals surface area contributed by atoms with Crippen molar-refractivity contribution >= 4 is 10.8 Å². The molecule has 1 N–H and O–H groups in total. The van der Waals surface area contributed by atoms with Gasteiger partial charge in [-0.15, -0.1) is 0 Å². The molecule has 2 aromatic rings. The number of benzene rings is 2. The Bertz CT molecular complexity index is 564. The molecule has 0 saturated heterocycles. The van der Waals surface area contributed by atoms with Gasteiger partial charge >= 0.3 is 0 Å². The lowest BCUT2D eigenvalue weighted by molar-refractivity contribution is 0.419. The number of nitrogens with one attached hydrogen (secondary N) is 1. The van der Waals surface area contributed by atoms with Crippen LogP contribution in [0.4, 0.5) is 0 Å². The van der Waals surface area contributed by atoms with E-state index in [1.807, 2.05) is 0 Å². The molecule has 0 aliphatic heterocycles. The Kier molecular flexibility index (Phi) is 2.96. The van der Waals surface area contributed by atoms with Crippen molar-refractivity contribution in [2.75, 3.05) is 7.11 Å². The van der Waals surface area contributed by atoms with Crippen molar-refractivity contribution in [3.05, 3.63) is 42.0 Å². The van der Waals surface area contributed by atoms with Gasteiger partial charge in [-0.25, -0.2) is 0 Å². The molecule has 1 fully saturated rings. The van der Waals surface area contributed by atoms with E-state index in [9.17, 15) is 0 Å². The average Bonchev–Trinajstić information content (AvgIpc) is 3.12. The fraction of sp³-hybridized carbons (Fsp3) is 0.375. The molecule has 0 aromatic heterocycles. The maximum atomic E-state index is 5.42. The Hall–Kier alpha value is -1.54. The average molecular weight is 241 g/mol. The highest BCUT2D eigenvalue weighted by Crippen LogP contribution is 2.31. The number of fused-ring (bicyclic) bond motifs is 1. The topological polar surface area (TPSA) is 21.3 Å². The van der Waals surface area contributed by atoms with E-state index in [4.69, 9.17) is 4.74 Å². The van der Waals surface area contributed by atoms with Crippen molar-refractivity contribution in [3.8, 4) is 5.75 Å². The fourth-order valence-electron chi connectivity index (χ4n) is 2.51. The van der Waals surface area contributed by atoms with E-state index in [0.717, 1.165) is 18.2 Å². The maximum absolute atomic E-state index is 5.42. The summed E-state index contributed by atoms with van der Waals surface area (Å²) >= 11 is 0. The maximum Gasteiger partial charge on any atom is 0.126 e. The van der Waals surface area contributed by atoms with Crippen LogP contribution < -0.4 is 10.1 Å². The van der Waals surface area contributed by atoms with Gasteiger partial charge in [0, 0.05) is 18.0 Å². The number of hydrogen-bond acceptors (Lipinski definition) is 2. The van der Waals surface area contributed by atoms with Gasteiger partial charge in [-0.05, 0) is 29.4 Å². The number of ether oxygens (including phenoxy) is 1. The molecule has 2 unspecified atom stereocenters. The van der Waals surface area contributed by atoms with Gasteiger partial charge in [0.05, 0.1) is 7.11 Å². The zero-order valence-corrected chi connectivity index (χ0v) is 10.9. The summed E-state index contributed by atoms with van der Waals surface area (Å²) in [6.07, 6.45) is 1.31. The Morgan fingerprint density at radius 3 is 2.56 bits per heavy atom. The van der Waals surface area contributed by atoms with E-state index < -0.39 is 0 Å². The molecule has 3 rings (SSSR count). The first-order chi connectivity index (χ1) is 8.79. The van der Waals surface area contributed by atoms with Crippen LogP contribution in [-0.4, -0.2) is 13.2 Å². The minimum Gasteiger partial charge on any atom is -0.496 e. The van der Waals surface area contributed by atoms with Crippen molar-refractivity contribution in [1.29, 1.82) is 0 Å². The van der Waals surface area contributed by atoms with Gasteiger partial charge in [-0.2, -0.15) is 0 Å². The highest BCUT2D eigenvalue weighted by Gasteiger charge is 2.31. The molecule has 0 heterocycles. The Morgan fingerprint density at radius 1 is 1.17 bits per heavy atom. The molecule has 94 valence electrons. The third-order valence-electron chi connectivity index (χ3n) is 3.86. The van der Waals surface area contributed by atoms with Gasteiger partial charge in [0.2, 0.25) is 0 Å². The summed E-state index contributed by atoms with van der Waals surface area (Å²) in [5.74, 6) is 1.80. The van der Waals surface area contributed by atoms with Crippen LogP contribution in [0.25, 0.3) is 10.8 Å². The van der Waals surface area contributed by atoms with Crippen LogP contribution in [0.3, 0.4) is 0 Å². The zero-order chi connectivity index (χ0) is 12.5. The number of hydrogen-bond donors (Lipinski definition) is 1. The second kappa shape index (κ2) is 4.62. The minimum absolute atomic E-state index is 0.714. The molecule has 2 atom stereocenters. The molecular formula is C16H19NO. The molecule has 0 spiro atoms. The predicted octanol–water partition coefficient (Wildman–Crippen LogP) is 3.35. The van der Waals surface area contributed by atoms with Crippen LogP contribution >= 0.6 is 0 Å². The summed E-state index contributed by atoms with van der Waals surface area (Å²) in [7, 11) is 1.73. The summed E-state index contributed by atoms with van der Waals surface area (Å²) in [5, 5.41) is 6.10. The van der Waals surface area contributed by atoms with Gasteiger partial charge < -0.3 is 10.1 Å². The highest BCUT2D eigenvalue weighted by molar-refractivity contribution is 5.91. The highest BCUT2D eigenvalue weighted by atomic mass is 16.5. The van der Waals surface area contributed by atoms with Gasteiger partial charge in [0.1, 0.15) is 5.75 Å². The Balaban J connectivity index is 1.91. The van der Waals surface area contributed by atoms with E-state index in [1.165, 1.54) is 22.8 Å². The van der Waals surface area contributed by atoms with Crippen molar-refractivity contribution in [3.63, 3.8) is 0 Å². The molecule has 2 heteroatoms. The molecule has 1 saturated carbocycles. The van der Waals surface area contributed by atoms with Gasteiger partial charge in [0.25, 0.3) is 0 Å². The standard InChI is InChI=1S/C16H19NO/c1-11-9-15(11)17-10-12-7-8-16(18-2)14-6-4-3-5-13(12)14/h3-8,11,15,17H,9-10H2,1-2H3. The number of rotatable bonds is 4. The minimum atomic E-state index is 0.714. The summed E-state index contributed by atoms with van der Waals surface area (Å²) < 4.78 is 5.42. The van der Waals surface area contributed by atoms with Gasteiger partial charge in [-0.1, -0.05) is 37.3 Å². The summed E-state index contributed by atoms with van der Waals surface area (Å²) in [5.41, 5.74) is 1.35. The normalized spacial score (nSPS) is 22.1. The summed E-state index contributed by atoms with van der Waals surface area (Å²) in [6.45, 7) is 3.24. The van der Waals surface area contributed by atoms with Crippen LogP contribution in [0.2, 0.25) is 0 Å². The second-order valence-corrected chi connectivity index (χ2v) is 5.17. The quantitative estimate of drug-likeness (QED) is 0.886. The molecule has 0 bridgehead atoms. The van der Waals surface area contributed by atoms with Crippen molar-refractivity contribution in [1.82, 2.24) is 5.32 Å². The predicted molar refractivity (Wildman–Crippen MR) is 74.9 cm³/mol. The van der Waals surface area contributed by atoms with Crippen LogP contribution in [0.5, 0.6) is 5.75 Å². The lowest BCUT2D eigenvalue weighted by Gasteiger charge is -2.11. The van der Waals surface area contributed by atoms with Crippen LogP contribution in [0, 0.1) is 5.92 Å². The van der Waals surface area contributed by atoms with Crippen LogP contribution in [0.1, 0.15) is 18.9 Å². The monoisotopic (exact) mass is 241 g/mol. The van der Waals surface area contributed by atoms with Crippen LogP contribution in [-0.2, 0) is 6.54 Å². The first-order valence-corrected chi connectivity index (χ1v) is 6.57. The van der Waals surface area contributed by atoms with Crippen molar-refractivity contribution < 1.29 is 4.74 Å².